The van der Waals surface area contributed by atoms with Crippen LogP contribution < -0.4 is 10.1 Å². The van der Waals surface area contributed by atoms with E-state index in [4.69, 9.17) is 4.74 Å². The summed E-state index contributed by atoms with van der Waals surface area (Å²) in [5.74, 6) is -3.28. The van der Waals surface area contributed by atoms with Gasteiger partial charge in [-0.15, -0.1) is 0 Å². The Hall–Kier alpha value is -3.46. The molecule has 1 saturated heterocycles. The number of likely N-dealkylation sites (tertiary alicyclic amines) is 1. The summed E-state index contributed by atoms with van der Waals surface area (Å²) >= 11 is 0. The molecule has 2 aliphatic rings. The van der Waals surface area contributed by atoms with Gasteiger partial charge in [-0.1, -0.05) is 12.1 Å². The molecule has 7 nitrogen and oxygen atoms in total. The van der Waals surface area contributed by atoms with E-state index in [2.05, 4.69) is 15.2 Å². The molecule has 0 unspecified atom stereocenters. The van der Waals surface area contributed by atoms with E-state index in [0.717, 1.165) is 23.4 Å². The summed E-state index contributed by atoms with van der Waals surface area (Å²) < 4.78 is 35.6. The van der Waals surface area contributed by atoms with E-state index < -0.39 is 17.7 Å². The smallest absolute Gasteiger partial charge is 0.277 e. The van der Waals surface area contributed by atoms with E-state index >= 15 is 0 Å². The molecule has 1 aliphatic carbocycles. The number of carbonyl (C=O) groups excluding carboxylic acids is 1. The standard InChI is InChI=1S/C28H32F2N4O3/c1-19-25(27(35)32-23-7-4-6-22(18-23)28(29,30)21-10-11-21)34(36)26(31-19)20-8-12-24(13-9-20)37-17-5-16-33-14-2-3-15-33/h4,6-9,12-13,18,21,36H,2-3,5,10-11,14-17H2,1H3,(H,32,35). The Morgan fingerprint density at radius 1 is 1.16 bits per heavy atom. The van der Waals surface area contributed by atoms with Gasteiger partial charge in [0.15, 0.2) is 11.5 Å². The fraction of sp³-hybridized carbons (Fsp3) is 0.429. The molecule has 3 aromatic rings. The Morgan fingerprint density at radius 3 is 2.59 bits per heavy atom. The van der Waals surface area contributed by atoms with Crippen molar-refractivity contribution in [2.75, 3.05) is 31.6 Å². The zero-order valence-electron chi connectivity index (χ0n) is 20.9. The number of nitrogens with one attached hydrogen (secondary N) is 1. The molecule has 37 heavy (non-hydrogen) atoms. The quantitative estimate of drug-likeness (QED) is 0.270. The normalized spacial score (nSPS) is 16.2. The van der Waals surface area contributed by atoms with Gasteiger partial charge < -0.3 is 20.2 Å². The minimum absolute atomic E-state index is 0.0587. The molecular weight excluding hydrogens is 478 g/mol. The Labute approximate surface area is 215 Å². The first-order valence-electron chi connectivity index (χ1n) is 12.9. The zero-order valence-corrected chi connectivity index (χ0v) is 20.9. The molecule has 0 bridgehead atoms. The van der Waals surface area contributed by atoms with Crippen LogP contribution in [-0.4, -0.2) is 52.0 Å². The summed E-state index contributed by atoms with van der Waals surface area (Å²) in [4.78, 5) is 19.8. The van der Waals surface area contributed by atoms with Crippen molar-refractivity contribution in [2.24, 2.45) is 5.92 Å². The third-order valence-corrected chi connectivity index (χ3v) is 7.04. The molecule has 9 heteroatoms. The summed E-state index contributed by atoms with van der Waals surface area (Å²) in [5.41, 5.74) is 0.978. The number of ether oxygens (including phenoxy) is 1. The zero-order chi connectivity index (χ0) is 26.0. The molecule has 1 amide bonds. The number of rotatable bonds is 10. The third-order valence-electron chi connectivity index (χ3n) is 7.04. The SMILES string of the molecule is Cc1nc(-c2ccc(OCCCN3CCCC3)cc2)n(O)c1C(=O)Nc1cccc(C(F)(F)C2CC2)c1. The number of anilines is 1. The maximum atomic E-state index is 14.5. The molecule has 0 radical (unpaired) electrons. The number of halogens is 2. The Bertz CT molecular complexity index is 1250. The van der Waals surface area contributed by atoms with Gasteiger partial charge >= 0.3 is 0 Å². The van der Waals surface area contributed by atoms with Crippen LogP contribution in [-0.2, 0) is 5.92 Å². The number of carbonyl (C=O) groups is 1. The average molecular weight is 511 g/mol. The lowest BCUT2D eigenvalue weighted by atomic mass is 10.0. The van der Waals surface area contributed by atoms with Crippen molar-refractivity contribution in [3.63, 3.8) is 0 Å². The first-order chi connectivity index (χ1) is 17.8. The molecule has 2 aromatic carbocycles. The Kier molecular flexibility index (Phi) is 7.15. The van der Waals surface area contributed by atoms with Gasteiger partial charge in [-0.3, -0.25) is 4.79 Å². The first kappa shape index (κ1) is 25.2. The lowest BCUT2D eigenvalue weighted by Crippen LogP contribution is -2.21. The van der Waals surface area contributed by atoms with Gasteiger partial charge in [0.2, 0.25) is 0 Å². The van der Waals surface area contributed by atoms with Crippen LogP contribution in [0.25, 0.3) is 11.4 Å². The highest BCUT2D eigenvalue weighted by Crippen LogP contribution is 2.49. The van der Waals surface area contributed by atoms with Crippen molar-refractivity contribution in [2.45, 2.75) is 45.0 Å². The molecule has 0 atom stereocenters. The summed E-state index contributed by atoms with van der Waals surface area (Å²) in [6.45, 7) is 5.62. The maximum Gasteiger partial charge on any atom is 0.277 e. The van der Waals surface area contributed by atoms with Crippen molar-refractivity contribution in [3.05, 3.63) is 65.5 Å². The number of aryl methyl sites for hydroxylation is 1. The minimum Gasteiger partial charge on any atom is -0.494 e. The Balaban J connectivity index is 1.23. The highest BCUT2D eigenvalue weighted by Gasteiger charge is 2.48. The van der Waals surface area contributed by atoms with Crippen molar-refractivity contribution in [1.82, 2.24) is 14.6 Å². The number of aromatic nitrogens is 2. The summed E-state index contributed by atoms with van der Waals surface area (Å²) in [6, 6.07) is 12.9. The lowest BCUT2D eigenvalue weighted by molar-refractivity contribution is -0.0285. The monoisotopic (exact) mass is 510 g/mol. The Morgan fingerprint density at radius 2 is 1.89 bits per heavy atom. The molecule has 5 rings (SSSR count). The molecule has 2 N–H and O–H groups in total. The summed E-state index contributed by atoms with van der Waals surface area (Å²) in [7, 11) is 0. The van der Waals surface area contributed by atoms with Crippen LogP contribution in [0.3, 0.4) is 0 Å². The van der Waals surface area contributed by atoms with Crippen molar-refractivity contribution >= 4 is 11.6 Å². The second kappa shape index (κ2) is 10.5. The molecule has 1 saturated carbocycles. The van der Waals surface area contributed by atoms with Crippen LogP contribution in [0.15, 0.2) is 48.5 Å². The van der Waals surface area contributed by atoms with Crippen molar-refractivity contribution in [1.29, 1.82) is 0 Å². The van der Waals surface area contributed by atoms with Gasteiger partial charge in [0.1, 0.15) is 5.75 Å². The highest BCUT2D eigenvalue weighted by atomic mass is 19.3. The number of alkyl halides is 2. The van der Waals surface area contributed by atoms with E-state index in [1.165, 1.54) is 44.1 Å². The van der Waals surface area contributed by atoms with Gasteiger partial charge in [-0.2, -0.15) is 4.73 Å². The van der Waals surface area contributed by atoms with E-state index in [-0.39, 0.29) is 22.8 Å². The second-order valence-corrected chi connectivity index (χ2v) is 9.89. The fourth-order valence-corrected chi connectivity index (χ4v) is 4.83. The molecule has 2 fully saturated rings. The number of benzene rings is 2. The van der Waals surface area contributed by atoms with Crippen LogP contribution >= 0.6 is 0 Å². The third kappa shape index (κ3) is 5.61. The fourth-order valence-electron chi connectivity index (χ4n) is 4.83. The lowest BCUT2D eigenvalue weighted by Gasteiger charge is -2.17. The maximum absolute atomic E-state index is 14.5. The number of hydrogen-bond donors (Lipinski definition) is 2. The topological polar surface area (TPSA) is 79.6 Å². The van der Waals surface area contributed by atoms with Crippen LogP contribution in [0, 0.1) is 12.8 Å². The van der Waals surface area contributed by atoms with Crippen LogP contribution in [0.5, 0.6) is 5.75 Å². The molecular formula is C28H32F2N4O3. The summed E-state index contributed by atoms with van der Waals surface area (Å²) in [5, 5.41) is 13.4. The van der Waals surface area contributed by atoms with Crippen LogP contribution in [0.2, 0.25) is 0 Å². The minimum atomic E-state index is -2.92. The number of hydrogen-bond acceptors (Lipinski definition) is 5. The average Bonchev–Trinajstić information content (AvgIpc) is 3.55. The van der Waals surface area contributed by atoms with Gasteiger partial charge in [0.25, 0.3) is 11.8 Å². The molecule has 196 valence electrons. The van der Waals surface area contributed by atoms with Gasteiger partial charge in [-0.25, -0.2) is 13.8 Å². The number of amides is 1. The van der Waals surface area contributed by atoms with Crippen molar-refractivity contribution in [3.8, 4) is 17.1 Å². The largest absolute Gasteiger partial charge is 0.494 e. The highest BCUT2D eigenvalue weighted by molar-refractivity contribution is 6.04. The first-order valence-corrected chi connectivity index (χ1v) is 12.9. The van der Waals surface area contributed by atoms with Gasteiger partial charge in [-0.05, 0) is 88.5 Å². The van der Waals surface area contributed by atoms with Crippen LogP contribution in [0.4, 0.5) is 14.5 Å². The molecule has 0 spiro atoms. The van der Waals surface area contributed by atoms with E-state index in [1.54, 1.807) is 37.3 Å². The van der Waals surface area contributed by atoms with Crippen LogP contribution in [0.1, 0.15) is 53.8 Å². The van der Waals surface area contributed by atoms with Gasteiger partial charge in [0.05, 0.1) is 12.3 Å². The number of imidazole rings is 1. The van der Waals surface area contributed by atoms with Crippen molar-refractivity contribution < 1.29 is 23.5 Å². The van der Waals surface area contributed by atoms with E-state index in [0.29, 0.717) is 30.7 Å². The predicted octanol–water partition coefficient (Wildman–Crippen LogP) is 5.71. The second-order valence-electron chi connectivity index (χ2n) is 9.89. The summed E-state index contributed by atoms with van der Waals surface area (Å²) in [6.07, 6.45) is 4.51. The van der Waals surface area contributed by atoms with E-state index in [9.17, 15) is 18.8 Å². The van der Waals surface area contributed by atoms with Gasteiger partial charge in [0, 0.05) is 29.3 Å². The van der Waals surface area contributed by atoms with E-state index in [1.807, 2.05) is 0 Å². The predicted molar refractivity (Wildman–Crippen MR) is 136 cm³/mol. The number of nitrogens with zero attached hydrogens (tertiary/aromatic N) is 3. The molecule has 2 heterocycles. The molecule has 1 aromatic heterocycles. The molecule has 1 aliphatic heterocycles.